The Kier molecular flexibility index (Phi) is 15.6. The molecule has 2 aromatic carbocycles. The summed E-state index contributed by atoms with van der Waals surface area (Å²) in [7, 11) is 0. The van der Waals surface area contributed by atoms with Crippen molar-refractivity contribution in [3.8, 4) is 11.1 Å². The third-order valence-corrected chi connectivity index (χ3v) is 12.9. The number of fused-ring (bicyclic) bond motifs is 1. The van der Waals surface area contributed by atoms with Gasteiger partial charge in [0.05, 0.1) is 25.4 Å². The lowest BCUT2D eigenvalue weighted by atomic mass is 9.60. The molecule has 0 heterocycles. The summed E-state index contributed by atoms with van der Waals surface area (Å²) in [6.45, 7) is 11.1. The number of aliphatic hydroxyl groups is 1. The smallest absolute Gasteiger partial charge is 0.335 e. The second-order valence-corrected chi connectivity index (χ2v) is 16.8. The van der Waals surface area contributed by atoms with Crippen LogP contribution in [0.4, 0.5) is 0 Å². The molecule has 0 aliphatic heterocycles. The predicted molar refractivity (Wildman–Crippen MR) is 212 cm³/mol. The molecule has 5 unspecified atom stereocenters. The van der Waals surface area contributed by atoms with E-state index in [4.69, 9.17) is 9.47 Å². The van der Waals surface area contributed by atoms with Crippen molar-refractivity contribution in [2.45, 2.75) is 123 Å². The van der Waals surface area contributed by atoms with E-state index < -0.39 is 18.5 Å². The van der Waals surface area contributed by atoms with Crippen LogP contribution in [0.5, 0.6) is 0 Å². The lowest BCUT2D eigenvalue weighted by Gasteiger charge is -2.45. The number of ether oxygens (including phenoxy) is 2. The van der Waals surface area contributed by atoms with Crippen molar-refractivity contribution >= 4 is 11.9 Å². The van der Waals surface area contributed by atoms with Gasteiger partial charge < -0.3 is 14.6 Å². The second-order valence-electron chi connectivity index (χ2n) is 16.8. The zero-order valence-electron chi connectivity index (χ0n) is 32.3. The first-order valence-corrected chi connectivity index (χ1v) is 20.7. The number of carbonyl (C=O) groups is 2. The Morgan fingerprint density at radius 3 is 1.81 bits per heavy atom. The number of hydrogen-bond donors (Lipinski definition) is 1. The largest absolute Gasteiger partial charge is 0.462 e. The predicted octanol–water partition coefficient (Wildman–Crippen LogP) is 10.9. The van der Waals surface area contributed by atoms with Gasteiger partial charge in [-0.25, -0.2) is 9.59 Å². The summed E-state index contributed by atoms with van der Waals surface area (Å²) in [6, 6.07) is 18.6. The summed E-state index contributed by atoms with van der Waals surface area (Å²) in [5.74, 6) is 3.87. The van der Waals surface area contributed by atoms with Crippen molar-refractivity contribution in [3.63, 3.8) is 0 Å². The lowest BCUT2D eigenvalue weighted by Crippen LogP contribution is -2.35. The quantitative estimate of drug-likeness (QED) is 0.0947. The van der Waals surface area contributed by atoms with E-state index in [9.17, 15) is 14.7 Å². The summed E-state index contributed by atoms with van der Waals surface area (Å²) >= 11 is 0. The highest BCUT2D eigenvalue weighted by Gasteiger charge is 2.39. The maximum Gasteiger partial charge on any atom is 0.335 e. The van der Waals surface area contributed by atoms with Crippen molar-refractivity contribution in [1.82, 2.24) is 0 Å². The van der Waals surface area contributed by atoms with Crippen LogP contribution < -0.4 is 0 Å². The summed E-state index contributed by atoms with van der Waals surface area (Å²) in [4.78, 5) is 24.2. The van der Waals surface area contributed by atoms with E-state index in [1.165, 1.54) is 125 Å². The minimum absolute atomic E-state index is 0.0393. The van der Waals surface area contributed by atoms with Gasteiger partial charge in [-0.05, 0) is 142 Å². The van der Waals surface area contributed by atoms with Crippen molar-refractivity contribution in [1.29, 1.82) is 0 Å². The van der Waals surface area contributed by atoms with E-state index in [-0.39, 0.29) is 24.7 Å². The highest BCUT2D eigenvalue weighted by Crippen LogP contribution is 2.50. The standard InChI is InChI=1S/C47H66O5/c1-5-6-7-8-35-11-18-40(19-12-35)41-20-13-36(14-21-41)9-10-38-17-24-45-29-44(26-25-43(45)28-38)42-22-15-37(16-23-42)27-39(31-51-46(49)33(2)3)32-52-47(50)34(4)30-48/h11-14,18-21,37-39,42-45,48H,2,4-10,15-17,22-32H2,1,3H3. The second kappa shape index (κ2) is 20.3. The van der Waals surface area contributed by atoms with Gasteiger partial charge in [-0.15, -0.1) is 0 Å². The van der Waals surface area contributed by atoms with Gasteiger partial charge in [0.25, 0.3) is 0 Å². The Bertz CT molecular complexity index is 1430. The van der Waals surface area contributed by atoms with E-state index >= 15 is 0 Å². The fourth-order valence-corrected chi connectivity index (χ4v) is 9.62. The third kappa shape index (κ3) is 11.9. The molecule has 284 valence electrons. The Labute approximate surface area is 314 Å². The van der Waals surface area contributed by atoms with Gasteiger partial charge in [-0.3, -0.25) is 0 Å². The Hall–Kier alpha value is -3.18. The number of esters is 2. The molecule has 3 fully saturated rings. The van der Waals surface area contributed by atoms with Gasteiger partial charge in [-0.1, -0.05) is 101 Å². The number of carbonyl (C=O) groups excluding carboxylic acids is 2. The van der Waals surface area contributed by atoms with Gasteiger partial charge in [0.1, 0.15) is 0 Å². The summed E-state index contributed by atoms with van der Waals surface area (Å²) in [5, 5.41) is 9.22. The minimum Gasteiger partial charge on any atom is -0.462 e. The first-order valence-electron chi connectivity index (χ1n) is 20.7. The highest BCUT2D eigenvalue weighted by molar-refractivity contribution is 5.88. The molecule has 2 aromatic rings. The van der Waals surface area contributed by atoms with Crippen LogP contribution in [0.15, 0.2) is 72.8 Å². The van der Waals surface area contributed by atoms with E-state index in [1.807, 2.05) is 0 Å². The van der Waals surface area contributed by atoms with E-state index in [0.29, 0.717) is 11.5 Å². The van der Waals surface area contributed by atoms with Gasteiger partial charge in [-0.2, -0.15) is 0 Å². The molecule has 0 spiro atoms. The van der Waals surface area contributed by atoms with E-state index in [1.54, 1.807) is 6.92 Å². The minimum atomic E-state index is -0.591. The van der Waals surface area contributed by atoms with Gasteiger partial charge in [0.2, 0.25) is 0 Å². The molecule has 5 atom stereocenters. The third-order valence-electron chi connectivity index (χ3n) is 12.9. The number of unbranched alkanes of at least 4 members (excludes halogenated alkanes) is 2. The van der Waals surface area contributed by atoms with E-state index in [0.717, 1.165) is 36.0 Å². The molecule has 0 radical (unpaired) electrons. The number of benzene rings is 2. The van der Waals surface area contributed by atoms with Crippen LogP contribution in [0.3, 0.4) is 0 Å². The van der Waals surface area contributed by atoms with Crippen molar-refractivity contribution < 1.29 is 24.2 Å². The van der Waals surface area contributed by atoms with E-state index in [2.05, 4.69) is 68.6 Å². The molecule has 0 amide bonds. The molecular weight excluding hydrogens is 645 g/mol. The maximum atomic E-state index is 12.1. The molecular formula is C47H66O5. The molecule has 0 saturated heterocycles. The van der Waals surface area contributed by atoms with Crippen LogP contribution >= 0.6 is 0 Å². The Morgan fingerprint density at radius 2 is 1.21 bits per heavy atom. The van der Waals surface area contributed by atoms with Crippen LogP contribution in [0.2, 0.25) is 0 Å². The fraction of sp³-hybridized carbons (Fsp3) is 0.617. The molecule has 5 rings (SSSR count). The average molecular weight is 711 g/mol. The van der Waals surface area contributed by atoms with Gasteiger partial charge >= 0.3 is 11.9 Å². The first kappa shape index (κ1) is 40.0. The Morgan fingerprint density at radius 1 is 0.692 bits per heavy atom. The molecule has 3 aliphatic carbocycles. The van der Waals surface area contributed by atoms with Crippen LogP contribution in [0.1, 0.15) is 121 Å². The van der Waals surface area contributed by atoms with Crippen LogP contribution in [-0.2, 0) is 31.9 Å². The fourth-order valence-electron chi connectivity index (χ4n) is 9.62. The normalized spacial score (nSPS) is 25.1. The number of aliphatic hydroxyl groups excluding tert-OH is 1. The van der Waals surface area contributed by atoms with Crippen LogP contribution in [0.25, 0.3) is 11.1 Å². The first-order chi connectivity index (χ1) is 25.2. The number of aryl methyl sites for hydroxylation is 2. The zero-order valence-corrected chi connectivity index (χ0v) is 32.3. The summed E-state index contributed by atoms with van der Waals surface area (Å²) < 4.78 is 10.9. The monoisotopic (exact) mass is 710 g/mol. The van der Waals surface area contributed by atoms with Crippen molar-refractivity contribution in [3.05, 3.63) is 84.0 Å². The van der Waals surface area contributed by atoms with Crippen molar-refractivity contribution in [2.24, 2.45) is 41.4 Å². The summed E-state index contributed by atoms with van der Waals surface area (Å²) in [5.41, 5.74) is 5.98. The van der Waals surface area contributed by atoms with Crippen LogP contribution in [-0.4, -0.2) is 36.9 Å². The highest BCUT2D eigenvalue weighted by atomic mass is 16.5. The molecule has 1 N–H and O–H groups in total. The summed E-state index contributed by atoms with van der Waals surface area (Å²) in [6.07, 6.45) is 21.9. The average Bonchev–Trinajstić information content (AvgIpc) is 3.18. The zero-order chi connectivity index (χ0) is 36.9. The van der Waals surface area contributed by atoms with Gasteiger partial charge in [0.15, 0.2) is 0 Å². The molecule has 0 aromatic heterocycles. The number of rotatable bonds is 18. The maximum absolute atomic E-state index is 12.1. The molecule has 3 aliphatic rings. The Balaban J connectivity index is 1.01. The molecule has 5 nitrogen and oxygen atoms in total. The lowest BCUT2D eigenvalue weighted by molar-refractivity contribution is -0.144. The topological polar surface area (TPSA) is 72.8 Å². The van der Waals surface area contributed by atoms with Crippen molar-refractivity contribution in [2.75, 3.05) is 19.8 Å². The number of hydrogen-bond acceptors (Lipinski definition) is 5. The SMILES string of the molecule is C=C(C)C(=O)OCC(COC(=O)C(=C)CO)CC1CCC(C2CCC3CC(CCc4ccc(-c5ccc(CCCCC)cc5)cc4)CCC3C2)CC1. The van der Waals surface area contributed by atoms with Gasteiger partial charge in [0, 0.05) is 11.5 Å². The molecule has 5 heteroatoms. The van der Waals surface area contributed by atoms with Crippen LogP contribution in [0, 0.1) is 41.4 Å². The molecule has 52 heavy (non-hydrogen) atoms. The molecule has 3 saturated carbocycles. The molecule has 0 bridgehead atoms.